The van der Waals surface area contributed by atoms with Gasteiger partial charge in [0.05, 0.1) is 6.61 Å². The maximum absolute atomic E-state index is 13.7. The van der Waals surface area contributed by atoms with Crippen molar-refractivity contribution in [3.8, 4) is 5.75 Å². The Morgan fingerprint density at radius 3 is 2.81 bits per heavy atom. The zero-order valence-corrected chi connectivity index (χ0v) is 17.7. The number of guanidine groups is 1. The first-order chi connectivity index (χ1) is 12.3. The third-order valence-electron chi connectivity index (χ3n) is 3.91. The fourth-order valence-corrected chi connectivity index (χ4v) is 3.45. The summed E-state index contributed by atoms with van der Waals surface area (Å²) in [6.07, 6.45) is 1.61. The van der Waals surface area contributed by atoms with Crippen LogP contribution in [0.4, 0.5) is 4.39 Å². The van der Waals surface area contributed by atoms with Gasteiger partial charge in [0.25, 0.3) is 0 Å². The Balaban J connectivity index is 0.00000243. The van der Waals surface area contributed by atoms with Gasteiger partial charge in [-0.3, -0.25) is 4.99 Å². The first kappa shape index (κ1) is 20.9. The summed E-state index contributed by atoms with van der Waals surface area (Å²) in [5, 5.41) is 8.62. The van der Waals surface area contributed by atoms with E-state index in [9.17, 15) is 4.39 Å². The van der Waals surface area contributed by atoms with Crippen LogP contribution in [0.25, 0.3) is 0 Å². The molecule has 2 N–H and O–H groups in total. The lowest BCUT2D eigenvalue weighted by Crippen LogP contribution is -2.39. The van der Waals surface area contributed by atoms with Crippen LogP contribution in [0.1, 0.15) is 16.0 Å². The van der Waals surface area contributed by atoms with Gasteiger partial charge in [0.2, 0.25) is 0 Å². The Labute approximate surface area is 174 Å². The summed E-state index contributed by atoms with van der Waals surface area (Å²) >= 11 is 1.75. The van der Waals surface area contributed by atoms with Gasteiger partial charge in [-0.1, -0.05) is 6.07 Å². The van der Waals surface area contributed by atoms with Crippen LogP contribution < -0.4 is 15.4 Å². The number of nitrogens with one attached hydrogen (secondary N) is 2. The van der Waals surface area contributed by atoms with Crippen LogP contribution in [-0.2, 0) is 24.2 Å². The molecule has 8 heteroatoms. The van der Waals surface area contributed by atoms with Crippen LogP contribution in [-0.4, -0.2) is 32.9 Å². The molecule has 2 aromatic rings. The average Bonchev–Trinajstić information content (AvgIpc) is 3.13. The molecule has 0 saturated heterocycles. The summed E-state index contributed by atoms with van der Waals surface area (Å²) in [5.41, 5.74) is 1.61. The van der Waals surface area contributed by atoms with E-state index in [1.807, 2.05) is 0 Å². The summed E-state index contributed by atoms with van der Waals surface area (Å²) in [5.74, 6) is 1.22. The smallest absolute Gasteiger partial charge is 0.190 e. The Morgan fingerprint density at radius 1 is 1.27 bits per heavy atom. The van der Waals surface area contributed by atoms with Gasteiger partial charge >= 0.3 is 0 Å². The van der Waals surface area contributed by atoms with Gasteiger partial charge in [0.15, 0.2) is 12.8 Å². The largest absolute Gasteiger partial charge is 0.467 e. The molecule has 1 aliphatic heterocycles. The van der Waals surface area contributed by atoms with E-state index in [0.717, 1.165) is 35.8 Å². The van der Waals surface area contributed by atoms with Crippen molar-refractivity contribution in [1.82, 2.24) is 10.6 Å². The van der Waals surface area contributed by atoms with E-state index >= 15 is 0 Å². The van der Waals surface area contributed by atoms with E-state index in [4.69, 9.17) is 9.47 Å². The molecule has 0 unspecified atom stereocenters. The maximum atomic E-state index is 13.7. The van der Waals surface area contributed by atoms with E-state index in [2.05, 4.69) is 33.1 Å². The molecule has 1 aromatic carbocycles. The van der Waals surface area contributed by atoms with Crippen LogP contribution in [0.15, 0.2) is 34.6 Å². The fourth-order valence-electron chi connectivity index (χ4n) is 2.74. The molecule has 1 aliphatic rings. The minimum Gasteiger partial charge on any atom is -0.467 e. The average molecular weight is 491 g/mol. The van der Waals surface area contributed by atoms with Gasteiger partial charge in [0, 0.05) is 30.6 Å². The van der Waals surface area contributed by atoms with Crippen LogP contribution in [0.3, 0.4) is 0 Å². The molecule has 2 heterocycles. The maximum Gasteiger partial charge on any atom is 0.190 e. The highest BCUT2D eigenvalue weighted by Gasteiger charge is 2.16. The third-order valence-corrected chi connectivity index (χ3v) is 4.84. The number of hydrogen-bond donors (Lipinski definition) is 2. The van der Waals surface area contributed by atoms with E-state index in [1.165, 1.54) is 17.0 Å². The SMILES string of the molecule is CN=C(NCCc1cccs1)NCCc1cc(F)cc2c1OCOC2.I. The molecule has 0 amide bonds. The lowest BCUT2D eigenvalue weighted by atomic mass is 10.1. The summed E-state index contributed by atoms with van der Waals surface area (Å²) in [7, 11) is 1.74. The number of nitrogens with zero attached hydrogens (tertiary/aromatic N) is 1. The first-order valence-electron chi connectivity index (χ1n) is 8.25. The second kappa shape index (κ2) is 10.7. The molecule has 1 aromatic heterocycles. The highest BCUT2D eigenvalue weighted by atomic mass is 127. The van der Waals surface area contributed by atoms with Crippen molar-refractivity contribution in [3.63, 3.8) is 0 Å². The number of benzene rings is 1. The number of ether oxygens (including phenoxy) is 2. The van der Waals surface area contributed by atoms with Crippen LogP contribution in [0.2, 0.25) is 0 Å². The highest BCUT2D eigenvalue weighted by Crippen LogP contribution is 2.29. The zero-order chi connectivity index (χ0) is 17.5. The number of fused-ring (bicyclic) bond motifs is 1. The van der Waals surface area contributed by atoms with Gasteiger partial charge in [0.1, 0.15) is 11.6 Å². The lowest BCUT2D eigenvalue weighted by Gasteiger charge is -2.21. The third kappa shape index (κ3) is 5.82. The van der Waals surface area contributed by atoms with Gasteiger partial charge in [-0.05, 0) is 42.0 Å². The molecule has 0 radical (unpaired) electrons. The minimum absolute atomic E-state index is 0. The Hall–Kier alpha value is -1.39. The Bertz CT molecular complexity index is 725. The molecule has 0 spiro atoms. The van der Waals surface area contributed by atoms with Crippen molar-refractivity contribution in [2.24, 2.45) is 4.99 Å². The van der Waals surface area contributed by atoms with E-state index in [1.54, 1.807) is 18.4 Å². The number of halogens is 2. The summed E-state index contributed by atoms with van der Waals surface area (Å²) in [4.78, 5) is 5.56. The topological polar surface area (TPSA) is 54.9 Å². The van der Waals surface area contributed by atoms with Gasteiger partial charge in [-0.2, -0.15) is 0 Å². The van der Waals surface area contributed by atoms with Gasteiger partial charge < -0.3 is 20.1 Å². The molecule has 0 aliphatic carbocycles. The molecule has 5 nitrogen and oxygen atoms in total. The summed E-state index contributed by atoms with van der Waals surface area (Å²) < 4.78 is 24.5. The number of thiophene rings is 1. The van der Waals surface area contributed by atoms with Crippen molar-refractivity contribution in [2.45, 2.75) is 19.4 Å². The number of rotatable bonds is 6. The molecule has 142 valence electrons. The fraction of sp³-hybridized carbons (Fsp3) is 0.389. The predicted molar refractivity (Wildman–Crippen MR) is 113 cm³/mol. The molecule has 0 atom stereocenters. The molecule has 0 saturated carbocycles. The quantitative estimate of drug-likeness (QED) is 0.370. The monoisotopic (exact) mass is 491 g/mol. The van der Waals surface area contributed by atoms with Crippen molar-refractivity contribution in [2.75, 3.05) is 26.9 Å². The van der Waals surface area contributed by atoms with Crippen molar-refractivity contribution in [3.05, 3.63) is 51.5 Å². The standard InChI is InChI=1S/C18H22FN3O2S.HI/c1-20-18(22-7-5-16-3-2-8-25-16)21-6-4-13-9-15(19)10-14-11-23-12-24-17(13)14;/h2-3,8-10H,4-7,11-12H2,1H3,(H2,20,21,22);1H. The summed E-state index contributed by atoms with van der Waals surface area (Å²) in [6, 6.07) is 7.18. The molecular formula is C18H23FIN3O2S. The summed E-state index contributed by atoms with van der Waals surface area (Å²) in [6.45, 7) is 2.05. The van der Waals surface area contributed by atoms with Gasteiger partial charge in [-0.25, -0.2) is 4.39 Å². The minimum atomic E-state index is -0.263. The second-order valence-electron chi connectivity index (χ2n) is 5.67. The van der Waals surface area contributed by atoms with Crippen LogP contribution >= 0.6 is 35.3 Å². The van der Waals surface area contributed by atoms with Crippen LogP contribution in [0.5, 0.6) is 5.75 Å². The molecule has 3 rings (SSSR count). The van der Waals surface area contributed by atoms with Crippen molar-refractivity contribution < 1.29 is 13.9 Å². The predicted octanol–water partition coefficient (Wildman–Crippen LogP) is 3.32. The molecular weight excluding hydrogens is 468 g/mol. The second-order valence-corrected chi connectivity index (χ2v) is 6.70. The van der Waals surface area contributed by atoms with E-state index in [0.29, 0.717) is 19.6 Å². The molecule has 26 heavy (non-hydrogen) atoms. The van der Waals surface area contributed by atoms with Crippen LogP contribution in [0, 0.1) is 5.82 Å². The van der Waals surface area contributed by atoms with E-state index < -0.39 is 0 Å². The van der Waals surface area contributed by atoms with E-state index in [-0.39, 0.29) is 36.6 Å². The first-order valence-corrected chi connectivity index (χ1v) is 9.13. The zero-order valence-electron chi connectivity index (χ0n) is 14.6. The normalized spacial score (nSPS) is 13.4. The van der Waals surface area contributed by atoms with Gasteiger partial charge in [-0.15, -0.1) is 35.3 Å². The molecule has 0 fully saturated rings. The van der Waals surface area contributed by atoms with Crippen molar-refractivity contribution >= 4 is 41.3 Å². The highest BCUT2D eigenvalue weighted by molar-refractivity contribution is 14.0. The molecule has 0 bridgehead atoms. The lowest BCUT2D eigenvalue weighted by molar-refractivity contribution is -0.0172. The number of aliphatic imine (C=N–C) groups is 1. The Morgan fingerprint density at radius 2 is 2.08 bits per heavy atom. The Kier molecular flexibility index (Phi) is 8.60. The number of hydrogen-bond acceptors (Lipinski definition) is 4. The van der Waals surface area contributed by atoms with Crippen molar-refractivity contribution in [1.29, 1.82) is 0 Å².